The molecule has 6 heteroatoms. The Bertz CT molecular complexity index is 1020. The van der Waals surface area contributed by atoms with Crippen molar-refractivity contribution in [3.63, 3.8) is 0 Å². The van der Waals surface area contributed by atoms with Gasteiger partial charge in [0.15, 0.2) is 5.78 Å². The van der Waals surface area contributed by atoms with E-state index in [-0.39, 0.29) is 17.1 Å². The van der Waals surface area contributed by atoms with Gasteiger partial charge in [0, 0.05) is 30.0 Å². The van der Waals surface area contributed by atoms with E-state index in [0.717, 1.165) is 16.7 Å². The number of aliphatic hydroxyl groups excluding tert-OH is 1. The van der Waals surface area contributed by atoms with E-state index in [1.807, 2.05) is 0 Å². The summed E-state index contributed by atoms with van der Waals surface area (Å²) >= 11 is 0. The number of carbonyl (C=O) groups is 4. The summed E-state index contributed by atoms with van der Waals surface area (Å²) < 4.78 is 0. The number of imide groups is 1. The topological polar surface area (TPSA) is 91.8 Å². The smallest absolute Gasteiger partial charge is 0.269 e. The van der Waals surface area contributed by atoms with Crippen LogP contribution < -0.4 is 4.90 Å². The van der Waals surface area contributed by atoms with Crippen molar-refractivity contribution in [2.24, 2.45) is 0 Å². The Balaban J connectivity index is 2.13. The Morgan fingerprint density at radius 3 is 2.25 bits per heavy atom. The van der Waals surface area contributed by atoms with Crippen molar-refractivity contribution in [2.75, 3.05) is 4.90 Å². The van der Waals surface area contributed by atoms with Gasteiger partial charge in [0.1, 0.15) is 12.0 Å². The molecule has 142 valence electrons. The Morgan fingerprint density at radius 1 is 1.04 bits per heavy atom. The molecule has 0 fully saturated rings. The highest BCUT2D eigenvalue weighted by atomic mass is 16.3. The number of nitrogens with zero attached hydrogens (tertiary/aromatic N) is 1. The van der Waals surface area contributed by atoms with E-state index in [1.54, 1.807) is 30.3 Å². The molecule has 0 unspecified atom stereocenters. The summed E-state index contributed by atoms with van der Waals surface area (Å²) in [5, 5.41) is 10.8. The number of hydrogen-bond acceptors (Lipinski definition) is 5. The first-order valence-electron chi connectivity index (χ1n) is 8.81. The van der Waals surface area contributed by atoms with Crippen LogP contribution in [0.15, 0.2) is 42.5 Å². The predicted molar refractivity (Wildman–Crippen MR) is 105 cm³/mol. The number of aldehydes is 1. The molecule has 0 aromatic heterocycles. The van der Waals surface area contributed by atoms with Crippen molar-refractivity contribution in [3.8, 4) is 0 Å². The van der Waals surface area contributed by atoms with Gasteiger partial charge in [0.25, 0.3) is 5.91 Å². The second-order valence-electron chi connectivity index (χ2n) is 6.57. The number of ketones is 1. The van der Waals surface area contributed by atoms with Crippen LogP contribution in [-0.2, 0) is 20.8 Å². The summed E-state index contributed by atoms with van der Waals surface area (Å²) in [5.74, 6) is -1.56. The van der Waals surface area contributed by atoms with Gasteiger partial charge in [-0.25, -0.2) is 4.90 Å². The SMILES string of the molecule is CC(=O)c1ccc2c(c1)/C(=C(/O)c1ccc(CCC=O)cc1)C(=O)N2C(C)=O. The molecule has 0 spiro atoms. The molecule has 0 saturated carbocycles. The van der Waals surface area contributed by atoms with Crippen LogP contribution >= 0.6 is 0 Å². The fraction of sp³-hybridized carbons (Fsp3) is 0.182. The molecular weight excluding hydrogens is 358 g/mol. The molecule has 1 aliphatic heterocycles. The van der Waals surface area contributed by atoms with Gasteiger partial charge >= 0.3 is 0 Å². The van der Waals surface area contributed by atoms with Crippen molar-refractivity contribution in [1.29, 1.82) is 0 Å². The van der Waals surface area contributed by atoms with Crippen LogP contribution in [0.2, 0.25) is 0 Å². The summed E-state index contributed by atoms with van der Waals surface area (Å²) in [7, 11) is 0. The van der Waals surface area contributed by atoms with E-state index < -0.39 is 11.8 Å². The lowest BCUT2D eigenvalue weighted by Gasteiger charge is -2.12. The van der Waals surface area contributed by atoms with Gasteiger partial charge in [-0.2, -0.15) is 0 Å². The molecule has 28 heavy (non-hydrogen) atoms. The first-order chi connectivity index (χ1) is 13.3. The standard InChI is InChI=1S/C22H19NO5/c1-13(25)17-9-10-19-18(12-17)20(22(28)23(19)14(2)26)21(27)16-7-5-15(6-8-16)4-3-11-24/h5-12,27H,3-4H2,1-2H3/b21-20-. The average Bonchev–Trinajstić information content (AvgIpc) is 2.97. The van der Waals surface area contributed by atoms with E-state index in [1.165, 1.54) is 26.0 Å². The molecule has 0 bridgehead atoms. The average molecular weight is 377 g/mol. The molecule has 1 heterocycles. The number of carbonyl (C=O) groups excluding carboxylic acids is 4. The van der Waals surface area contributed by atoms with Gasteiger partial charge in [-0.15, -0.1) is 0 Å². The first kappa shape index (κ1) is 19.2. The monoisotopic (exact) mass is 377 g/mol. The van der Waals surface area contributed by atoms with Gasteiger partial charge in [0.05, 0.1) is 11.3 Å². The second-order valence-corrected chi connectivity index (χ2v) is 6.57. The number of Topliss-reactive ketones (excluding diaryl/α,β-unsaturated/α-hetero) is 1. The maximum atomic E-state index is 12.9. The minimum Gasteiger partial charge on any atom is -0.506 e. The van der Waals surface area contributed by atoms with Gasteiger partial charge in [-0.1, -0.05) is 24.3 Å². The van der Waals surface area contributed by atoms with Crippen LogP contribution in [0.3, 0.4) is 0 Å². The minimum absolute atomic E-state index is 0.0195. The molecule has 2 aromatic carbocycles. The first-order valence-corrected chi connectivity index (χ1v) is 8.81. The summed E-state index contributed by atoms with van der Waals surface area (Å²) in [4.78, 5) is 48.1. The van der Waals surface area contributed by atoms with Crippen LogP contribution in [0.25, 0.3) is 11.3 Å². The summed E-state index contributed by atoms with van der Waals surface area (Å²) in [6.45, 7) is 2.67. The molecule has 1 aliphatic rings. The van der Waals surface area contributed by atoms with Crippen LogP contribution in [0, 0.1) is 0 Å². The fourth-order valence-corrected chi connectivity index (χ4v) is 3.23. The van der Waals surface area contributed by atoms with Crippen LogP contribution in [0.1, 0.15) is 47.3 Å². The third-order valence-corrected chi connectivity index (χ3v) is 4.66. The zero-order valence-electron chi connectivity index (χ0n) is 15.6. The number of aryl methyl sites for hydroxylation is 1. The summed E-state index contributed by atoms with van der Waals surface area (Å²) in [6.07, 6.45) is 1.83. The molecule has 1 N–H and O–H groups in total. The Kier molecular flexibility index (Phi) is 5.22. The third kappa shape index (κ3) is 3.36. The lowest BCUT2D eigenvalue weighted by atomic mass is 9.98. The van der Waals surface area contributed by atoms with E-state index in [9.17, 15) is 24.3 Å². The zero-order chi connectivity index (χ0) is 20.4. The van der Waals surface area contributed by atoms with Crippen LogP contribution in [-0.4, -0.2) is 29.0 Å². The maximum absolute atomic E-state index is 12.9. The maximum Gasteiger partial charge on any atom is 0.269 e. The van der Waals surface area contributed by atoms with Crippen LogP contribution in [0.5, 0.6) is 0 Å². The molecule has 2 aromatic rings. The highest BCUT2D eigenvalue weighted by Crippen LogP contribution is 2.40. The number of benzene rings is 2. The fourth-order valence-electron chi connectivity index (χ4n) is 3.23. The Labute approximate surface area is 162 Å². The second kappa shape index (κ2) is 7.60. The van der Waals surface area contributed by atoms with Crippen molar-refractivity contribution >= 4 is 40.9 Å². The van der Waals surface area contributed by atoms with Gasteiger partial charge in [-0.3, -0.25) is 14.4 Å². The molecular formula is C22H19NO5. The highest BCUT2D eigenvalue weighted by Gasteiger charge is 2.38. The number of fused-ring (bicyclic) bond motifs is 1. The van der Waals surface area contributed by atoms with Crippen LogP contribution in [0.4, 0.5) is 5.69 Å². The number of hydrogen-bond donors (Lipinski definition) is 1. The molecule has 0 aliphatic carbocycles. The van der Waals surface area contributed by atoms with Crippen molar-refractivity contribution in [3.05, 3.63) is 64.7 Å². The van der Waals surface area contributed by atoms with Crippen molar-refractivity contribution in [2.45, 2.75) is 26.7 Å². The molecule has 3 rings (SSSR count). The summed E-state index contributed by atoms with van der Waals surface area (Å²) in [5.41, 5.74) is 2.38. The Morgan fingerprint density at radius 2 is 1.68 bits per heavy atom. The number of anilines is 1. The van der Waals surface area contributed by atoms with Crippen molar-refractivity contribution < 1.29 is 24.3 Å². The minimum atomic E-state index is -0.634. The van der Waals surface area contributed by atoms with E-state index in [4.69, 9.17) is 0 Å². The van der Waals surface area contributed by atoms with E-state index in [2.05, 4.69) is 0 Å². The molecule has 0 atom stereocenters. The molecule has 0 saturated heterocycles. The number of rotatable bonds is 5. The quantitative estimate of drug-likeness (QED) is 0.373. The lowest BCUT2D eigenvalue weighted by molar-refractivity contribution is -0.122. The number of amides is 2. The van der Waals surface area contributed by atoms with Crippen molar-refractivity contribution in [1.82, 2.24) is 0 Å². The molecule has 0 radical (unpaired) electrons. The van der Waals surface area contributed by atoms with Gasteiger partial charge in [0.2, 0.25) is 5.91 Å². The van der Waals surface area contributed by atoms with Gasteiger partial charge < -0.3 is 9.90 Å². The lowest BCUT2D eigenvalue weighted by Crippen LogP contribution is -2.31. The summed E-state index contributed by atoms with van der Waals surface area (Å²) in [6, 6.07) is 11.4. The molecule has 6 nitrogen and oxygen atoms in total. The predicted octanol–water partition coefficient (Wildman–Crippen LogP) is 3.34. The largest absolute Gasteiger partial charge is 0.506 e. The highest BCUT2D eigenvalue weighted by molar-refractivity contribution is 6.42. The number of aliphatic hydroxyl groups is 1. The zero-order valence-corrected chi connectivity index (χ0v) is 15.6. The normalized spacial score (nSPS) is 14.6. The van der Waals surface area contributed by atoms with Gasteiger partial charge in [-0.05, 0) is 37.1 Å². The molecule has 2 amide bonds. The van der Waals surface area contributed by atoms with E-state index in [0.29, 0.717) is 35.2 Å². The van der Waals surface area contributed by atoms with E-state index >= 15 is 0 Å². The third-order valence-electron chi connectivity index (χ3n) is 4.66. The Hall–Kier alpha value is -3.54.